The van der Waals surface area contributed by atoms with Gasteiger partial charge in [0.15, 0.2) is 11.3 Å². The molecule has 0 fully saturated rings. The minimum absolute atomic E-state index is 0.269. The molecule has 0 aliphatic heterocycles. The van der Waals surface area contributed by atoms with Crippen molar-refractivity contribution >= 4 is 60.5 Å². The van der Waals surface area contributed by atoms with Gasteiger partial charge < -0.3 is 0 Å². The van der Waals surface area contributed by atoms with Gasteiger partial charge in [0, 0.05) is 45.1 Å². The van der Waals surface area contributed by atoms with Gasteiger partial charge in [-0.15, -0.1) is 0 Å². The second-order valence-electron chi connectivity index (χ2n) is 12.8. The predicted octanol–water partition coefficient (Wildman–Crippen LogP) is 7.50. The molecule has 0 saturated carbocycles. The van der Waals surface area contributed by atoms with Crippen LogP contribution in [-0.4, -0.2) is 28.7 Å². The molecule has 10 heteroatoms. The third-order valence-electron chi connectivity index (χ3n) is 9.85. The van der Waals surface area contributed by atoms with Crippen LogP contribution in [0.4, 0.5) is 0 Å². The van der Waals surface area contributed by atoms with Crippen LogP contribution in [0.15, 0.2) is 122 Å². The van der Waals surface area contributed by atoms with Crippen molar-refractivity contribution in [1.29, 1.82) is 21.0 Å². The Balaban J connectivity index is 1.61. The number of hydrogen-bond acceptors (Lipinski definition) is 8. The minimum atomic E-state index is 0.269. The zero-order valence-electron chi connectivity index (χ0n) is 28.0. The maximum absolute atomic E-state index is 10.2. The molecule has 5 heterocycles. The Kier molecular flexibility index (Phi) is 6.50. The lowest BCUT2D eigenvalue weighted by Gasteiger charge is -2.13. The number of fused-ring (bicyclic) bond motifs is 7. The molecular formula is C44H20N10. The Morgan fingerprint density at radius 2 is 1.00 bits per heavy atom. The Morgan fingerprint density at radius 3 is 1.56 bits per heavy atom. The Labute approximate surface area is 305 Å². The average Bonchev–Trinajstić information content (AvgIpc) is 3.71. The van der Waals surface area contributed by atoms with Crippen LogP contribution in [-0.2, 0) is 0 Å². The van der Waals surface area contributed by atoms with E-state index in [0.717, 1.165) is 38.1 Å². The molecule has 54 heavy (non-hydrogen) atoms. The van der Waals surface area contributed by atoms with Gasteiger partial charge in [-0.2, -0.15) is 21.0 Å². The molecule has 0 N–H and O–H groups in total. The third-order valence-corrected chi connectivity index (χ3v) is 9.85. The SMILES string of the molecule is N#Cc1cc(C#N)cc(C(c2cc(C#N)cc(C#N)c2)=c2n3c4nccnc4c4cccc(c5cccc6c7nc(-c8ccccc8)cnc7n2c56)c43)c1. The van der Waals surface area contributed by atoms with Crippen molar-refractivity contribution in [3.8, 4) is 35.5 Å². The number of nitrogens with zero attached hydrogens (tertiary/aromatic N) is 10. The smallest absolute Gasteiger partial charge is 0.165 e. The quantitative estimate of drug-likeness (QED) is 0.185. The van der Waals surface area contributed by atoms with Gasteiger partial charge in [0.25, 0.3) is 0 Å². The fraction of sp³-hybridized carbons (Fsp3) is 0. The molecule has 0 radical (unpaired) electrons. The molecule has 0 bridgehead atoms. The predicted molar refractivity (Wildman–Crippen MR) is 204 cm³/mol. The van der Waals surface area contributed by atoms with Crippen molar-refractivity contribution in [3.63, 3.8) is 0 Å². The lowest BCUT2D eigenvalue weighted by molar-refractivity contribution is 0.997. The topological polar surface area (TPSA) is 156 Å². The average molecular weight is 689 g/mol. The Hall–Kier alpha value is -8.44. The van der Waals surface area contributed by atoms with Gasteiger partial charge in [-0.25, -0.2) is 15.0 Å². The summed E-state index contributed by atoms with van der Waals surface area (Å²) in [6.45, 7) is 0. The van der Waals surface area contributed by atoms with E-state index in [9.17, 15) is 21.0 Å². The highest BCUT2D eigenvalue weighted by atomic mass is 15.1. The number of rotatable bonds is 3. The lowest BCUT2D eigenvalue weighted by atomic mass is 9.93. The maximum atomic E-state index is 10.2. The van der Waals surface area contributed by atoms with E-state index in [1.807, 2.05) is 59.0 Å². The summed E-state index contributed by atoms with van der Waals surface area (Å²) in [6, 6.07) is 40.9. The van der Waals surface area contributed by atoms with Crippen LogP contribution in [0, 0.1) is 45.3 Å². The summed E-state index contributed by atoms with van der Waals surface area (Å²) in [6.07, 6.45) is 5.06. The van der Waals surface area contributed by atoms with Gasteiger partial charge in [0.1, 0.15) is 16.5 Å². The summed E-state index contributed by atoms with van der Waals surface area (Å²) in [5.41, 5.74) is 8.89. The summed E-state index contributed by atoms with van der Waals surface area (Å²) in [5.74, 6) is 0. The van der Waals surface area contributed by atoms with Crippen LogP contribution >= 0.6 is 0 Å². The van der Waals surface area contributed by atoms with Crippen LogP contribution in [0.1, 0.15) is 33.4 Å². The van der Waals surface area contributed by atoms with Crippen molar-refractivity contribution in [1.82, 2.24) is 28.7 Å². The number of benzene rings is 5. The van der Waals surface area contributed by atoms with Gasteiger partial charge in [-0.05, 0) is 47.5 Å². The monoisotopic (exact) mass is 688 g/mol. The first-order chi connectivity index (χ1) is 26.6. The fourth-order valence-electron chi connectivity index (χ4n) is 7.72. The summed E-state index contributed by atoms with van der Waals surface area (Å²) in [4.78, 5) is 20.1. The highest BCUT2D eigenvalue weighted by Gasteiger charge is 2.24. The number of para-hydroxylation sites is 2. The molecule has 5 aromatic heterocycles. The van der Waals surface area contributed by atoms with E-state index in [-0.39, 0.29) is 22.3 Å². The van der Waals surface area contributed by atoms with Crippen molar-refractivity contribution in [2.45, 2.75) is 0 Å². The van der Waals surface area contributed by atoms with Gasteiger partial charge in [-0.3, -0.25) is 13.8 Å². The van der Waals surface area contributed by atoms with E-state index in [1.165, 1.54) is 12.1 Å². The van der Waals surface area contributed by atoms with Gasteiger partial charge in [0.2, 0.25) is 0 Å². The largest absolute Gasteiger partial charge is 0.276 e. The van der Waals surface area contributed by atoms with Crippen molar-refractivity contribution in [2.24, 2.45) is 0 Å². The molecule has 0 unspecified atom stereocenters. The maximum Gasteiger partial charge on any atom is 0.165 e. The molecule has 5 aromatic carbocycles. The van der Waals surface area contributed by atoms with Crippen molar-refractivity contribution in [3.05, 3.63) is 161 Å². The van der Waals surface area contributed by atoms with Crippen LogP contribution < -0.4 is 5.48 Å². The van der Waals surface area contributed by atoms with Crippen LogP contribution in [0.5, 0.6) is 0 Å². The first-order valence-corrected chi connectivity index (χ1v) is 16.9. The highest BCUT2D eigenvalue weighted by molar-refractivity contribution is 6.22. The van der Waals surface area contributed by atoms with E-state index in [4.69, 9.17) is 19.9 Å². The molecule has 10 aromatic rings. The highest BCUT2D eigenvalue weighted by Crippen LogP contribution is 2.37. The van der Waals surface area contributed by atoms with Gasteiger partial charge >= 0.3 is 0 Å². The Morgan fingerprint density at radius 1 is 0.500 bits per heavy atom. The van der Waals surface area contributed by atoms with E-state index >= 15 is 0 Å². The summed E-state index contributed by atoms with van der Waals surface area (Å²) >= 11 is 0. The van der Waals surface area contributed by atoms with Gasteiger partial charge in [-0.1, -0.05) is 66.7 Å². The van der Waals surface area contributed by atoms with Crippen LogP contribution in [0.3, 0.4) is 0 Å². The number of nitriles is 4. The van der Waals surface area contributed by atoms with Crippen molar-refractivity contribution in [2.75, 3.05) is 0 Å². The molecule has 10 nitrogen and oxygen atoms in total. The first kappa shape index (κ1) is 30.4. The summed E-state index contributed by atoms with van der Waals surface area (Å²) in [5, 5.41) is 44.3. The van der Waals surface area contributed by atoms with E-state index in [1.54, 1.807) is 42.9 Å². The standard InChI is InChI=1S/C44H20N10/c45-20-25-14-26(21-46)17-30(16-25)37(31-18-27(22-47)15-28(19-31)23-48)44-53-40-32(8-4-10-34(40)38-42(53)50-13-12-49-38)33-9-5-11-35-39-43(54(44)41(33)35)51-24-36(52-39)29-6-2-1-3-7-29/h1-19,24H. The van der Waals surface area contributed by atoms with E-state index < -0.39 is 0 Å². The molecule has 10 rings (SSSR count). The molecule has 0 atom stereocenters. The molecule has 0 spiro atoms. The fourth-order valence-corrected chi connectivity index (χ4v) is 7.72. The van der Waals surface area contributed by atoms with E-state index in [2.05, 4.69) is 40.8 Å². The molecule has 0 aliphatic rings. The second kappa shape index (κ2) is 11.5. The van der Waals surface area contributed by atoms with Gasteiger partial charge in [0.05, 0.1) is 69.5 Å². The molecule has 0 saturated heterocycles. The zero-order chi connectivity index (χ0) is 36.5. The second-order valence-corrected chi connectivity index (χ2v) is 12.8. The van der Waals surface area contributed by atoms with E-state index in [0.29, 0.717) is 50.2 Å². The summed E-state index contributed by atoms with van der Waals surface area (Å²) < 4.78 is 4.10. The zero-order valence-corrected chi connectivity index (χ0v) is 28.0. The van der Waals surface area contributed by atoms with Crippen LogP contribution in [0.25, 0.3) is 71.7 Å². The number of aromatic nitrogens is 6. The molecule has 246 valence electrons. The Bertz CT molecular complexity index is 3350. The molecule has 0 aliphatic carbocycles. The molecule has 0 amide bonds. The normalized spacial score (nSPS) is 11.3. The number of hydrogen-bond donors (Lipinski definition) is 0. The lowest BCUT2D eigenvalue weighted by Crippen LogP contribution is -2.25. The van der Waals surface area contributed by atoms with Crippen molar-refractivity contribution < 1.29 is 0 Å². The third kappa shape index (κ3) is 4.29. The van der Waals surface area contributed by atoms with Crippen LogP contribution in [0.2, 0.25) is 0 Å². The first-order valence-electron chi connectivity index (χ1n) is 16.9. The minimum Gasteiger partial charge on any atom is -0.276 e. The molecular weight excluding hydrogens is 669 g/mol. The summed E-state index contributed by atoms with van der Waals surface area (Å²) in [7, 11) is 0.